The number of nitrogen functional groups attached to an aromatic ring is 1. The molecule has 1 heterocycles. The van der Waals surface area contributed by atoms with Crippen LogP contribution in [0.1, 0.15) is 17.7 Å². The first-order chi connectivity index (χ1) is 6.07. The molecule has 0 spiro atoms. The Balaban J connectivity index is 3.23. The minimum atomic E-state index is -2.67. The number of anilines is 1. The minimum absolute atomic E-state index is 0.0296. The van der Waals surface area contributed by atoms with E-state index in [9.17, 15) is 8.78 Å². The van der Waals surface area contributed by atoms with Crippen molar-refractivity contribution in [2.24, 2.45) is 5.73 Å². The Morgan fingerprint density at radius 1 is 1.54 bits per heavy atom. The summed E-state index contributed by atoms with van der Waals surface area (Å²) < 4.78 is 24.5. The highest BCUT2D eigenvalue weighted by Gasteiger charge is 2.16. The normalized spacial score (nSPS) is 10.8. The lowest BCUT2D eigenvalue weighted by molar-refractivity contribution is 0.151. The highest BCUT2D eigenvalue weighted by Crippen LogP contribution is 2.31. The fourth-order valence-corrected chi connectivity index (χ4v) is 1.11. The number of nitrogens with zero attached hydrogens (tertiary/aromatic N) is 1. The van der Waals surface area contributed by atoms with Crippen LogP contribution in [0, 0.1) is 0 Å². The van der Waals surface area contributed by atoms with Gasteiger partial charge in [0.1, 0.15) is 0 Å². The van der Waals surface area contributed by atoms with Crippen LogP contribution in [0.3, 0.4) is 0 Å². The molecule has 4 N–H and O–H groups in total. The van der Waals surface area contributed by atoms with Crippen LogP contribution in [0.25, 0.3) is 0 Å². The zero-order valence-corrected chi connectivity index (χ0v) is 7.35. The van der Waals surface area contributed by atoms with Crippen LogP contribution in [0.5, 0.6) is 0 Å². The van der Waals surface area contributed by atoms with Crippen molar-refractivity contribution < 1.29 is 8.78 Å². The molecule has 13 heavy (non-hydrogen) atoms. The van der Waals surface area contributed by atoms with Crippen LogP contribution in [0.2, 0.25) is 5.02 Å². The average Bonchev–Trinajstić information content (AvgIpc) is 2.09. The Labute approximate surface area is 78.7 Å². The largest absolute Gasteiger partial charge is 0.396 e. The Morgan fingerprint density at radius 2 is 2.15 bits per heavy atom. The summed E-state index contributed by atoms with van der Waals surface area (Å²) >= 11 is 5.57. The summed E-state index contributed by atoms with van der Waals surface area (Å²) in [6.45, 7) is 0.0784. The van der Waals surface area contributed by atoms with Gasteiger partial charge in [0.15, 0.2) is 0 Å². The Bertz CT molecular complexity index is 317. The number of hydrogen-bond donors (Lipinski definition) is 2. The van der Waals surface area contributed by atoms with Crippen LogP contribution >= 0.6 is 11.6 Å². The Hall–Kier alpha value is -0.940. The van der Waals surface area contributed by atoms with Crippen molar-refractivity contribution in [1.29, 1.82) is 0 Å². The van der Waals surface area contributed by atoms with Crippen LogP contribution in [0.15, 0.2) is 6.20 Å². The topological polar surface area (TPSA) is 64.9 Å². The maximum absolute atomic E-state index is 12.2. The molecule has 1 aromatic rings. The number of hydrogen-bond acceptors (Lipinski definition) is 3. The van der Waals surface area contributed by atoms with Crippen molar-refractivity contribution in [1.82, 2.24) is 4.98 Å². The third kappa shape index (κ3) is 1.87. The van der Waals surface area contributed by atoms with E-state index in [1.807, 2.05) is 0 Å². The molecule has 72 valence electrons. The van der Waals surface area contributed by atoms with Crippen LogP contribution in [-0.4, -0.2) is 4.98 Å². The van der Waals surface area contributed by atoms with Gasteiger partial charge in [0.05, 0.1) is 22.0 Å². The molecule has 0 aromatic carbocycles. The van der Waals surface area contributed by atoms with E-state index in [1.165, 1.54) is 0 Å². The lowest BCUT2D eigenvalue weighted by Gasteiger charge is -2.08. The molecule has 0 aliphatic heterocycles. The van der Waals surface area contributed by atoms with Crippen LogP contribution in [0.4, 0.5) is 14.5 Å². The van der Waals surface area contributed by atoms with E-state index >= 15 is 0 Å². The Kier molecular flexibility index (Phi) is 3.00. The lowest BCUT2D eigenvalue weighted by atomic mass is 10.2. The molecule has 0 bridgehead atoms. The van der Waals surface area contributed by atoms with E-state index in [2.05, 4.69) is 4.98 Å². The maximum Gasteiger partial charge on any atom is 0.266 e. The Morgan fingerprint density at radius 3 is 2.62 bits per heavy atom. The van der Waals surface area contributed by atoms with Gasteiger partial charge >= 0.3 is 0 Å². The van der Waals surface area contributed by atoms with Crippen molar-refractivity contribution in [3.8, 4) is 0 Å². The van der Waals surface area contributed by atoms with E-state index < -0.39 is 6.43 Å². The predicted octanol–water partition coefficient (Wildman–Crippen LogP) is 1.71. The summed E-state index contributed by atoms with van der Waals surface area (Å²) in [5.74, 6) is 0. The molecule has 0 unspecified atom stereocenters. The van der Waals surface area contributed by atoms with Crippen LogP contribution in [-0.2, 0) is 6.54 Å². The molecular formula is C7H8ClF2N3. The molecule has 0 fully saturated rings. The van der Waals surface area contributed by atoms with Gasteiger partial charge in [0.25, 0.3) is 6.43 Å². The molecule has 0 saturated heterocycles. The zero-order chi connectivity index (χ0) is 10.0. The quantitative estimate of drug-likeness (QED) is 0.776. The summed E-state index contributed by atoms with van der Waals surface area (Å²) in [5, 5.41) is -0.162. The monoisotopic (exact) mass is 207 g/mol. The van der Waals surface area contributed by atoms with Gasteiger partial charge in [0, 0.05) is 12.7 Å². The highest BCUT2D eigenvalue weighted by atomic mass is 35.5. The molecular weight excluding hydrogens is 200 g/mol. The number of rotatable bonds is 2. The minimum Gasteiger partial charge on any atom is -0.396 e. The molecule has 0 saturated carbocycles. The van der Waals surface area contributed by atoms with Gasteiger partial charge in [-0.25, -0.2) is 8.78 Å². The SMILES string of the molecule is NCc1ncc(C(F)F)c(Cl)c1N. The summed E-state index contributed by atoms with van der Waals surface area (Å²) in [5.41, 5.74) is 10.7. The molecule has 0 atom stereocenters. The zero-order valence-electron chi connectivity index (χ0n) is 6.60. The van der Waals surface area contributed by atoms with Crippen molar-refractivity contribution in [2.45, 2.75) is 13.0 Å². The van der Waals surface area contributed by atoms with Gasteiger partial charge in [-0.3, -0.25) is 4.98 Å². The molecule has 0 radical (unpaired) electrons. The van der Waals surface area contributed by atoms with Crippen molar-refractivity contribution in [3.63, 3.8) is 0 Å². The number of nitrogens with two attached hydrogens (primary N) is 2. The molecule has 0 amide bonds. The second kappa shape index (κ2) is 3.85. The predicted molar refractivity (Wildman–Crippen MR) is 46.5 cm³/mol. The maximum atomic E-state index is 12.2. The fraction of sp³-hybridized carbons (Fsp3) is 0.286. The summed E-state index contributed by atoms with van der Waals surface area (Å²) in [6.07, 6.45) is -1.68. The molecule has 0 aliphatic carbocycles. The standard InChI is InChI=1S/C7H8ClF2N3/c8-5-3(7(9)10)2-13-4(1-11)6(5)12/h2,7H,1,11-12H2. The van der Waals surface area contributed by atoms with Gasteiger partial charge in [-0.1, -0.05) is 11.6 Å². The first kappa shape index (κ1) is 10.1. The third-order valence-corrected chi connectivity index (χ3v) is 2.01. The molecule has 3 nitrogen and oxygen atoms in total. The van der Waals surface area contributed by atoms with Gasteiger partial charge in [-0.05, 0) is 0 Å². The molecule has 1 aromatic heterocycles. The highest BCUT2D eigenvalue weighted by molar-refractivity contribution is 6.34. The smallest absolute Gasteiger partial charge is 0.266 e. The molecule has 0 aliphatic rings. The fourth-order valence-electron chi connectivity index (χ4n) is 0.871. The van der Waals surface area contributed by atoms with Gasteiger partial charge in [0.2, 0.25) is 0 Å². The lowest BCUT2D eigenvalue weighted by Crippen LogP contribution is -2.06. The number of pyridine rings is 1. The van der Waals surface area contributed by atoms with E-state index in [0.29, 0.717) is 5.69 Å². The van der Waals surface area contributed by atoms with E-state index in [4.69, 9.17) is 23.1 Å². The second-order valence-electron chi connectivity index (χ2n) is 2.39. The van der Waals surface area contributed by atoms with Crippen LogP contribution < -0.4 is 11.5 Å². The summed E-state index contributed by atoms with van der Waals surface area (Å²) in [4.78, 5) is 3.66. The third-order valence-electron chi connectivity index (χ3n) is 1.59. The van der Waals surface area contributed by atoms with Crippen molar-refractivity contribution in [3.05, 3.63) is 22.5 Å². The summed E-state index contributed by atoms with van der Waals surface area (Å²) in [7, 11) is 0. The number of halogens is 3. The van der Waals surface area contributed by atoms with Gasteiger partial charge in [-0.15, -0.1) is 0 Å². The van der Waals surface area contributed by atoms with Gasteiger partial charge < -0.3 is 11.5 Å². The average molecular weight is 208 g/mol. The van der Waals surface area contributed by atoms with E-state index in [-0.39, 0.29) is 22.8 Å². The van der Waals surface area contributed by atoms with Crippen molar-refractivity contribution in [2.75, 3.05) is 5.73 Å². The first-order valence-corrected chi connectivity index (χ1v) is 3.86. The van der Waals surface area contributed by atoms with E-state index in [0.717, 1.165) is 6.20 Å². The first-order valence-electron chi connectivity index (χ1n) is 3.49. The summed E-state index contributed by atoms with van der Waals surface area (Å²) in [6, 6.07) is 0. The van der Waals surface area contributed by atoms with E-state index in [1.54, 1.807) is 0 Å². The molecule has 1 rings (SSSR count). The van der Waals surface area contributed by atoms with Crippen molar-refractivity contribution >= 4 is 17.3 Å². The number of aromatic nitrogens is 1. The molecule has 6 heteroatoms. The van der Waals surface area contributed by atoms with Gasteiger partial charge in [-0.2, -0.15) is 0 Å². The second-order valence-corrected chi connectivity index (χ2v) is 2.77. The number of alkyl halides is 2.